The monoisotopic (exact) mass is 534 g/mol. The molecular formula is C33H35FN6. The number of nitrogens with zero attached hydrogens (tertiary/aromatic N) is 3. The Hall–Kier alpha value is -4.49. The van der Waals surface area contributed by atoms with E-state index in [2.05, 4.69) is 62.1 Å². The first-order valence-corrected chi connectivity index (χ1v) is 13.5. The van der Waals surface area contributed by atoms with Crippen molar-refractivity contribution >= 4 is 34.3 Å². The summed E-state index contributed by atoms with van der Waals surface area (Å²) in [4.78, 5) is 10.0. The first kappa shape index (κ1) is 27.1. The van der Waals surface area contributed by atoms with E-state index < -0.39 is 0 Å². The third-order valence-corrected chi connectivity index (χ3v) is 7.03. The molecule has 0 aliphatic carbocycles. The van der Waals surface area contributed by atoms with Gasteiger partial charge in [0, 0.05) is 47.3 Å². The number of aromatic amines is 2. The lowest BCUT2D eigenvalue weighted by molar-refractivity contribution is 0.425. The second-order valence-corrected chi connectivity index (χ2v) is 10.2. The van der Waals surface area contributed by atoms with E-state index in [-0.39, 0.29) is 5.82 Å². The quantitative estimate of drug-likeness (QED) is 0.231. The summed E-state index contributed by atoms with van der Waals surface area (Å²) in [5.74, 6) is -0.273. The van der Waals surface area contributed by atoms with Crippen molar-refractivity contribution < 1.29 is 4.39 Å². The minimum atomic E-state index is -0.273. The van der Waals surface area contributed by atoms with Crippen LogP contribution in [0, 0.1) is 5.82 Å². The predicted octanol–water partition coefficient (Wildman–Crippen LogP) is 5.59. The van der Waals surface area contributed by atoms with E-state index in [0.717, 1.165) is 80.3 Å². The predicted molar refractivity (Wildman–Crippen MR) is 165 cm³/mol. The number of hydrogen-bond donors (Lipinski definition) is 3. The number of aromatic nitrogens is 4. The Kier molecular flexibility index (Phi) is 7.94. The summed E-state index contributed by atoms with van der Waals surface area (Å²) in [6.07, 6.45) is 8.69. The van der Waals surface area contributed by atoms with Gasteiger partial charge in [-0.2, -0.15) is 5.10 Å². The van der Waals surface area contributed by atoms with Crippen molar-refractivity contribution in [2.24, 2.45) is 0 Å². The fourth-order valence-corrected chi connectivity index (χ4v) is 4.86. The second-order valence-electron chi connectivity index (χ2n) is 10.2. The minimum Gasteiger partial charge on any atom is -0.384 e. The van der Waals surface area contributed by atoms with E-state index in [1.165, 1.54) is 11.6 Å². The summed E-state index contributed by atoms with van der Waals surface area (Å²) in [5, 5.41) is 14.0. The van der Waals surface area contributed by atoms with Crippen molar-refractivity contribution in [2.45, 2.75) is 20.3 Å². The Bertz CT molecular complexity index is 1790. The topological polar surface area (TPSA) is 72.6 Å². The molecule has 0 atom stereocenters. The van der Waals surface area contributed by atoms with Gasteiger partial charge in [0.15, 0.2) is 0 Å². The fourth-order valence-electron chi connectivity index (χ4n) is 4.86. The van der Waals surface area contributed by atoms with Gasteiger partial charge < -0.3 is 15.2 Å². The van der Waals surface area contributed by atoms with Gasteiger partial charge in [0.1, 0.15) is 11.5 Å². The summed E-state index contributed by atoms with van der Waals surface area (Å²) in [7, 11) is 4.04. The summed E-state index contributed by atoms with van der Waals surface area (Å²) in [6, 6.07) is 15.4. The maximum Gasteiger partial charge on any atom is 0.125 e. The van der Waals surface area contributed by atoms with Crippen molar-refractivity contribution in [3.05, 3.63) is 95.0 Å². The van der Waals surface area contributed by atoms with Crippen molar-refractivity contribution in [2.75, 3.05) is 32.5 Å². The molecule has 0 spiro atoms. The molecule has 3 N–H and O–H groups in total. The number of likely N-dealkylation sites (N-methyl/N-ethyl adjacent to an activating group) is 1. The number of halogens is 1. The van der Waals surface area contributed by atoms with Gasteiger partial charge in [-0.05, 0) is 97.7 Å². The molecule has 0 unspecified atom stereocenters. The molecule has 0 saturated carbocycles. The summed E-state index contributed by atoms with van der Waals surface area (Å²) in [6.45, 7) is 10.0. The molecule has 6 nitrogen and oxygen atoms in total. The molecule has 40 heavy (non-hydrogen) atoms. The smallest absolute Gasteiger partial charge is 0.125 e. The van der Waals surface area contributed by atoms with Gasteiger partial charge in [-0.15, -0.1) is 0 Å². The van der Waals surface area contributed by atoms with E-state index >= 15 is 0 Å². The zero-order valence-corrected chi connectivity index (χ0v) is 23.5. The molecule has 5 aromatic rings. The Balaban J connectivity index is 1.57. The number of benzene rings is 2. The van der Waals surface area contributed by atoms with Crippen LogP contribution in [0.25, 0.3) is 51.1 Å². The number of rotatable bonds is 9. The SMILES string of the molecule is C=C(/C=c1/c(-c2cc3c(-c4cc(F)cc(NCCN(C)C)c4)cccc3[nH]2)n[nH]/c1=C/C)c1cncc(CC)c1. The average Bonchev–Trinajstić information content (AvgIpc) is 3.56. The lowest BCUT2D eigenvalue weighted by atomic mass is 10.0. The molecule has 3 aromatic heterocycles. The number of H-pyrrole nitrogens is 2. The van der Waals surface area contributed by atoms with Crippen molar-refractivity contribution in [1.29, 1.82) is 0 Å². The maximum atomic E-state index is 14.7. The molecule has 7 heteroatoms. The third kappa shape index (κ3) is 5.75. The summed E-state index contributed by atoms with van der Waals surface area (Å²) in [5.41, 5.74) is 8.15. The van der Waals surface area contributed by atoms with Gasteiger partial charge in [0.25, 0.3) is 0 Å². The highest BCUT2D eigenvalue weighted by Crippen LogP contribution is 2.33. The molecule has 5 rings (SSSR count). The summed E-state index contributed by atoms with van der Waals surface area (Å²) < 4.78 is 14.7. The molecule has 0 fully saturated rings. The van der Waals surface area contributed by atoms with Crippen molar-refractivity contribution in [1.82, 2.24) is 25.1 Å². The standard InChI is InChI=1S/C33H35FN6/c1-6-22-14-24(20-35-19-22)21(3)13-29-30(7-2)38-39-33(29)32-18-28-27(9-8-10-31(28)37-32)23-15-25(34)17-26(16-23)36-11-12-40(4)5/h7-10,13-20,36-38H,3,6,11-12H2,1-2,4-5H3/b29-13+,30-7+. The van der Waals surface area contributed by atoms with Gasteiger partial charge in [-0.25, -0.2) is 4.39 Å². The van der Waals surface area contributed by atoms with Crippen LogP contribution in [0.3, 0.4) is 0 Å². The van der Waals surface area contributed by atoms with Crippen LogP contribution >= 0.6 is 0 Å². The molecule has 204 valence electrons. The number of fused-ring (bicyclic) bond motifs is 1. The molecule has 0 aliphatic rings. The van der Waals surface area contributed by atoms with Crippen LogP contribution in [-0.4, -0.2) is 52.3 Å². The molecule has 0 saturated heterocycles. The Labute approximate surface area is 234 Å². The van der Waals surface area contributed by atoms with Crippen LogP contribution in [0.5, 0.6) is 0 Å². The molecular weight excluding hydrogens is 499 g/mol. The highest BCUT2D eigenvalue weighted by atomic mass is 19.1. The number of pyridine rings is 1. The Morgan fingerprint density at radius 3 is 2.75 bits per heavy atom. The third-order valence-electron chi connectivity index (χ3n) is 7.03. The molecule has 0 bridgehead atoms. The van der Waals surface area contributed by atoms with Gasteiger partial charge >= 0.3 is 0 Å². The minimum absolute atomic E-state index is 0.273. The lowest BCUT2D eigenvalue weighted by Crippen LogP contribution is -2.23. The number of allylic oxidation sites excluding steroid dienone is 1. The normalized spacial score (nSPS) is 12.6. The molecule has 0 aliphatic heterocycles. The Morgan fingerprint density at radius 1 is 1.12 bits per heavy atom. The van der Waals surface area contributed by atoms with E-state index in [9.17, 15) is 4.39 Å². The number of aryl methyl sites for hydroxylation is 1. The highest BCUT2D eigenvalue weighted by Gasteiger charge is 2.14. The molecule has 2 aromatic carbocycles. The first-order valence-electron chi connectivity index (χ1n) is 13.5. The summed E-state index contributed by atoms with van der Waals surface area (Å²) >= 11 is 0. The van der Waals surface area contributed by atoms with Gasteiger partial charge in [-0.3, -0.25) is 10.1 Å². The van der Waals surface area contributed by atoms with Crippen LogP contribution in [0.15, 0.2) is 67.5 Å². The zero-order valence-electron chi connectivity index (χ0n) is 23.5. The van der Waals surface area contributed by atoms with Gasteiger partial charge in [0.05, 0.1) is 11.0 Å². The van der Waals surface area contributed by atoms with Crippen LogP contribution in [0.4, 0.5) is 10.1 Å². The van der Waals surface area contributed by atoms with Crippen molar-refractivity contribution in [3.63, 3.8) is 0 Å². The molecule has 0 radical (unpaired) electrons. The van der Waals surface area contributed by atoms with E-state index in [4.69, 9.17) is 0 Å². The highest BCUT2D eigenvalue weighted by molar-refractivity contribution is 5.98. The number of hydrogen-bond acceptors (Lipinski definition) is 4. The van der Waals surface area contributed by atoms with Crippen molar-refractivity contribution in [3.8, 4) is 22.5 Å². The zero-order chi connectivity index (χ0) is 28.2. The van der Waals surface area contributed by atoms with Gasteiger partial charge in [0.2, 0.25) is 0 Å². The van der Waals surface area contributed by atoms with Gasteiger partial charge in [-0.1, -0.05) is 31.7 Å². The molecule has 3 heterocycles. The Morgan fingerprint density at radius 2 is 1.98 bits per heavy atom. The van der Waals surface area contributed by atoms with Crippen LogP contribution < -0.4 is 15.9 Å². The fraction of sp³-hybridized carbons (Fsp3) is 0.212. The van der Waals surface area contributed by atoms with Crippen LogP contribution in [-0.2, 0) is 6.42 Å². The lowest BCUT2D eigenvalue weighted by Gasteiger charge is -2.13. The second kappa shape index (κ2) is 11.7. The maximum absolute atomic E-state index is 14.7. The van der Waals surface area contributed by atoms with E-state index in [1.807, 2.05) is 63.8 Å². The largest absolute Gasteiger partial charge is 0.384 e. The number of nitrogens with one attached hydrogen (secondary N) is 3. The van der Waals surface area contributed by atoms with E-state index in [1.54, 1.807) is 6.07 Å². The van der Waals surface area contributed by atoms with Crippen LogP contribution in [0.2, 0.25) is 0 Å². The van der Waals surface area contributed by atoms with E-state index in [0.29, 0.717) is 0 Å². The molecule has 0 amide bonds. The number of anilines is 1. The average molecular weight is 535 g/mol. The van der Waals surface area contributed by atoms with Crippen LogP contribution in [0.1, 0.15) is 25.0 Å². The first-order chi connectivity index (χ1) is 19.4.